The lowest BCUT2D eigenvalue weighted by Gasteiger charge is -2.30. The van der Waals surface area contributed by atoms with Gasteiger partial charge in [0.1, 0.15) is 18.7 Å². The van der Waals surface area contributed by atoms with Gasteiger partial charge in [0.25, 0.3) is 15.9 Å². The van der Waals surface area contributed by atoms with Gasteiger partial charge in [0.15, 0.2) is 5.78 Å². The van der Waals surface area contributed by atoms with E-state index < -0.39 is 33.9 Å². The fourth-order valence-corrected chi connectivity index (χ4v) is 6.21. The van der Waals surface area contributed by atoms with Crippen LogP contribution in [0.4, 0.5) is 5.69 Å². The molecule has 38 heavy (non-hydrogen) atoms. The number of nitrogens with zero attached hydrogens (tertiary/aromatic N) is 1. The van der Waals surface area contributed by atoms with Crippen molar-refractivity contribution in [2.75, 3.05) is 11.3 Å². The summed E-state index contributed by atoms with van der Waals surface area (Å²) in [5.41, 5.74) is 0.472. The van der Waals surface area contributed by atoms with Crippen molar-refractivity contribution in [3.8, 4) is 0 Å². The van der Waals surface area contributed by atoms with Crippen molar-refractivity contribution in [3.63, 3.8) is 0 Å². The number of nitrogens with one attached hydrogen (secondary N) is 3. The van der Waals surface area contributed by atoms with Gasteiger partial charge >= 0.3 is 0 Å². The highest BCUT2D eigenvalue weighted by Crippen LogP contribution is 2.41. The number of amides is 2. The number of aromatic nitrogens is 1. The summed E-state index contributed by atoms with van der Waals surface area (Å²) in [5.74, 6) is -1.04. The van der Waals surface area contributed by atoms with E-state index >= 15 is 0 Å². The third-order valence-electron chi connectivity index (χ3n) is 7.35. The molecule has 2 aliphatic rings. The molecule has 0 radical (unpaired) electrons. The van der Waals surface area contributed by atoms with Crippen molar-refractivity contribution in [2.24, 2.45) is 5.41 Å². The molecule has 10 nitrogen and oxygen atoms in total. The second-order valence-corrected chi connectivity index (χ2v) is 12.0. The lowest BCUT2D eigenvalue weighted by molar-refractivity contribution is -0.128. The molecular formula is C27H34N4O6S. The minimum Gasteiger partial charge on any atom is -0.368 e. The Morgan fingerprint density at radius 3 is 2.39 bits per heavy atom. The second-order valence-electron chi connectivity index (χ2n) is 10.3. The number of carbonyl (C=O) groups excluding carboxylic acids is 3. The molecule has 204 valence electrons. The standard InChI is InChI=1S/C27H34N4O6S/c1-3-23-24(22(32)17-37-23)30-26(34)21(16-27(2)12-4-5-13-27)29-25(33)18-6-8-19(9-7-18)31-38(35,36)20-10-14-28-15-11-20/h6-11,14-15,21,23-24,31H,3-5,12-13,16-17H2,1-2H3,(H,29,33)(H,30,34)/t21-,23-,24+/m0/s1. The molecule has 0 bridgehead atoms. The van der Waals surface area contributed by atoms with Crippen LogP contribution in [0.2, 0.25) is 0 Å². The van der Waals surface area contributed by atoms with Crippen LogP contribution in [0.5, 0.6) is 0 Å². The summed E-state index contributed by atoms with van der Waals surface area (Å²) in [6.07, 6.45) is 7.50. The van der Waals surface area contributed by atoms with Crippen LogP contribution in [0.25, 0.3) is 0 Å². The lowest BCUT2D eigenvalue weighted by Crippen LogP contribution is -2.54. The van der Waals surface area contributed by atoms with E-state index in [1.54, 1.807) is 0 Å². The highest BCUT2D eigenvalue weighted by atomic mass is 32.2. The fourth-order valence-electron chi connectivity index (χ4n) is 5.16. The zero-order chi connectivity index (χ0) is 27.3. The zero-order valence-corrected chi connectivity index (χ0v) is 22.4. The maximum Gasteiger partial charge on any atom is 0.262 e. The number of carbonyl (C=O) groups is 3. The Morgan fingerprint density at radius 2 is 1.76 bits per heavy atom. The van der Waals surface area contributed by atoms with Crippen LogP contribution in [-0.4, -0.2) is 55.8 Å². The van der Waals surface area contributed by atoms with Crippen LogP contribution in [0.15, 0.2) is 53.7 Å². The number of pyridine rings is 1. The van der Waals surface area contributed by atoms with Crippen LogP contribution in [0, 0.1) is 5.41 Å². The summed E-state index contributed by atoms with van der Waals surface area (Å²) < 4.78 is 33.1. The molecule has 11 heteroatoms. The van der Waals surface area contributed by atoms with Crippen molar-refractivity contribution in [1.29, 1.82) is 0 Å². The average molecular weight is 543 g/mol. The average Bonchev–Trinajstić information content (AvgIpc) is 3.49. The normalized spacial score (nSPS) is 21.6. The molecule has 4 rings (SSSR count). The van der Waals surface area contributed by atoms with Crippen LogP contribution >= 0.6 is 0 Å². The molecule has 2 amide bonds. The number of Topliss-reactive ketones (excluding diaryl/α,β-unsaturated/α-hetero) is 1. The monoisotopic (exact) mass is 542 g/mol. The SMILES string of the molecule is CC[C@@H]1OCC(=O)[C@H]1NC(=O)[C@H](CC1(C)CCCC1)NC(=O)c1ccc(NS(=O)(=O)c2ccncc2)cc1. The summed E-state index contributed by atoms with van der Waals surface area (Å²) in [6.45, 7) is 3.98. The highest BCUT2D eigenvalue weighted by molar-refractivity contribution is 7.92. The molecule has 0 spiro atoms. The Labute approximate surface area is 223 Å². The van der Waals surface area contributed by atoms with Crippen LogP contribution < -0.4 is 15.4 Å². The number of hydrogen-bond acceptors (Lipinski definition) is 7. The Bertz CT molecular complexity index is 1260. The smallest absolute Gasteiger partial charge is 0.262 e. The van der Waals surface area contributed by atoms with Gasteiger partial charge in [-0.25, -0.2) is 8.42 Å². The number of sulfonamides is 1. The number of rotatable bonds is 10. The molecule has 3 N–H and O–H groups in total. The van der Waals surface area contributed by atoms with E-state index in [1.165, 1.54) is 48.8 Å². The molecule has 3 atom stereocenters. The van der Waals surface area contributed by atoms with Crippen LogP contribution in [0.3, 0.4) is 0 Å². The molecule has 2 heterocycles. The minimum absolute atomic E-state index is 0.0323. The molecule has 0 unspecified atom stereocenters. The Balaban J connectivity index is 1.46. The summed E-state index contributed by atoms with van der Waals surface area (Å²) in [7, 11) is -3.80. The summed E-state index contributed by atoms with van der Waals surface area (Å²) in [4.78, 5) is 42.7. The largest absolute Gasteiger partial charge is 0.368 e. The molecule has 1 saturated carbocycles. The predicted octanol–water partition coefficient (Wildman–Crippen LogP) is 2.81. The van der Waals surface area contributed by atoms with E-state index in [2.05, 4.69) is 27.3 Å². The molecule has 1 aromatic carbocycles. The van der Waals surface area contributed by atoms with Crippen LogP contribution in [-0.2, 0) is 24.3 Å². The number of ether oxygens (including phenoxy) is 1. The van der Waals surface area contributed by atoms with E-state index in [4.69, 9.17) is 4.74 Å². The van der Waals surface area contributed by atoms with Gasteiger partial charge in [-0.05, 0) is 67.5 Å². The molecule has 1 aliphatic heterocycles. The van der Waals surface area contributed by atoms with Gasteiger partial charge in [-0.1, -0.05) is 26.7 Å². The van der Waals surface area contributed by atoms with E-state index in [9.17, 15) is 22.8 Å². The fraction of sp³-hybridized carbons (Fsp3) is 0.481. The molecule has 1 saturated heterocycles. The second kappa shape index (κ2) is 11.6. The number of hydrogen-bond donors (Lipinski definition) is 3. The van der Waals surface area contributed by atoms with Crippen molar-refractivity contribution < 1.29 is 27.5 Å². The van der Waals surface area contributed by atoms with Gasteiger partial charge in [0.05, 0.1) is 11.0 Å². The van der Waals surface area contributed by atoms with Gasteiger partial charge in [-0.15, -0.1) is 0 Å². The highest BCUT2D eigenvalue weighted by Gasteiger charge is 2.40. The van der Waals surface area contributed by atoms with Gasteiger partial charge < -0.3 is 15.4 Å². The van der Waals surface area contributed by atoms with Gasteiger partial charge in [0.2, 0.25) is 5.91 Å². The Kier molecular flexibility index (Phi) is 8.47. The molecular weight excluding hydrogens is 508 g/mol. The van der Waals surface area contributed by atoms with Gasteiger partial charge in [-0.3, -0.25) is 24.1 Å². The van der Waals surface area contributed by atoms with Crippen molar-refractivity contribution in [3.05, 3.63) is 54.4 Å². The Morgan fingerprint density at radius 1 is 1.11 bits per heavy atom. The summed E-state index contributed by atoms with van der Waals surface area (Å²) in [6, 6.07) is 7.17. The topological polar surface area (TPSA) is 144 Å². The quantitative estimate of drug-likeness (QED) is 0.419. The first kappa shape index (κ1) is 27.7. The lowest BCUT2D eigenvalue weighted by atomic mass is 9.81. The van der Waals surface area contributed by atoms with Crippen molar-refractivity contribution in [2.45, 2.75) is 75.5 Å². The minimum atomic E-state index is -3.80. The van der Waals surface area contributed by atoms with E-state index in [0.29, 0.717) is 12.8 Å². The molecule has 2 aromatic rings. The first-order valence-corrected chi connectivity index (χ1v) is 14.4. The number of ketones is 1. The number of benzene rings is 1. The third kappa shape index (κ3) is 6.57. The maximum atomic E-state index is 13.3. The zero-order valence-electron chi connectivity index (χ0n) is 21.6. The van der Waals surface area contributed by atoms with E-state index in [0.717, 1.165) is 25.7 Å². The van der Waals surface area contributed by atoms with Crippen molar-refractivity contribution in [1.82, 2.24) is 15.6 Å². The van der Waals surface area contributed by atoms with E-state index in [-0.39, 0.29) is 40.1 Å². The first-order valence-electron chi connectivity index (χ1n) is 12.9. The van der Waals surface area contributed by atoms with E-state index in [1.807, 2.05) is 6.92 Å². The molecule has 1 aliphatic carbocycles. The summed E-state index contributed by atoms with van der Waals surface area (Å²) >= 11 is 0. The van der Waals surface area contributed by atoms with Gasteiger partial charge in [0, 0.05) is 23.6 Å². The number of anilines is 1. The molecule has 2 fully saturated rings. The van der Waals surface area contributed by atoms with Crippen molar-refractivity contribution >= 4 is 33.3 Å². The maximum absolute atomic E-state index is 13.3. The first-order chi connectivity index (χ1) is 18.1. The van der Waals surface area contributed by atoms with Crippen LogP contribution in [0.1, 0.15) is 62.7 Å². The summed E-state index contributed by atoms with van der Waals surface area (Å²) in [5, 5.41) is 5.67. The predicted molar refractivity (Wildman–Crippen MR) is 141 cm³/mol. The third-order valence-corrected chi connectivity index (χ3v) is 8.74. The Hall–Kier alpha value is -3.31. The van der Waals surface area contributed by atoms with Gasteiger partial charge in [-0.2, -0.15) is 0 Å². The molecule has 1 aromatic heterocycles.